The highest BCUT2D eigenvalue weighted by atomic mass is 35.5. The van der Waals surface area contributed by atoms with E-state index >= 15 is 0 Å². The van der Waals surface area contributed by atoms with Gasteiger partial charge in [-0.1, -0.05) is 23.2 Å². The van der Waals surface area contributed by atoms with Crippen LogP contribution in [0, 0.1) is 20.2 Å². The molecule has 0 saturated carbocycles. The van der Waals surface area contributed by atoms with Crippen LogP contribution in [-0.4, -0.2) is 14.2 Å². The van der Waals surface area contributed by atoms with E-state index in [1.165, 1.54) is 0 Å². The van der Waals surface area contributed by atoms with Gasteiger partial charge in [-0.25, -0.2) is 0 Å². The summed E-state index contributed by atoms with van der Waals surface area (Å²) in [5.41, 5.74) is -1.16. The van der Waals surface area contributed by atoms with E-state index in [0.29, 0.717) is 0 Å². The molecule has 6 nitrogen and oxygen atoms in total. The summed E-state index contributed by atoms with van der Waals surface area (Å²) in [7, 11) is 0. The number of allylic oxidation sites excluding steroid dienone is 3. The Morgan fingerprint density at radius 3 is 2.29 bits per heavy atom. The third-order valence-corrected chi connectivity index (χ3v) is 2.12. The average molecular weight is 239 g/mol. The zero-order chi connectivity index (χ0) is 10.9. The minimum absolute atomic E-state index is 0.379. The van der Waals surface area contributed by atoms with Crippen molar-refractivity contribution in [2.24, 2.45) is 0 Å². The second-order valence-electron chi connectivity index (χ2n) is 2.62. The molecule has 0 radical (unpaired) electrons. The van der Waals surface area contributed by atoms with Crippen LogP contribution in [0.3, 0.4) is 0 Å². The minimum Gasteiger partial charge on any atom is -0.258 e. The standard InChI is InChI=1S/C6H4Cl2N2O4/c7-6(8)2-1-4(9(11)12)5(3-6)10(13)14/h1-2H,3H2. The predicted molar refractivity (Wildman–Crippen MR) is 49.2 cm³/mol. The number of rotatable bonds is 2. The summed E-state index contributed by atoms with van der Waals surface area (Å²) in [6, 6.07) is 0. The van der Waals surface area contributed by atoms with Crippen LogP contribution in [0.4, 0.5) is 0 Å². The lowest BCUT2D eigenvalue weighted by Crippen LogP contribution is -2.21. The molecule has 0 spiro atoms. The van der Waals surface area contributed by atoms with Gasteiger partial charge in [-0.3, -0.25) is 20.2 Å². The predicted octanol–water partition coefficient (Wildman–Crippen LogP) is 1.89. The molecule has 0 atom stereocenters. The van der Waals surface area contributed by atoms with Crippen molar-refractivity contribution in [2.45, 2.75) is 10.8 Å². The summed E-state index contributed by atoms with van der Waals surface area (Å²) in [5.74, 6) is 0. The van der Waals surface area contributed by atoms with E-state index in [-0.39, 0.29) is 6.42 Å². The Kier molecular flexibility index (Phi) is 2.77. The van der Waals surface area contributed by atoms with Gasteiger partial charge in [0.25, 0.3) is 0 Å². The summed E-state index contributed by atoms with van der Waals surface area (Å²) in [6.45, 7) is 0. The van der Waals surface area contributed by atoms with Crippen molar-refractivity contribution in [3.05, 3.63) is 43.8 Å². The zero-order valence-corrected chi connectivity index (χ0v) is 8.16. The topological polar surface area (TPSA) is 86.3 Å². The van der Waals surface area contributed by atoms with Crippen LogP contribution in [-0.2, 0) is 0 Å². The molecule has 0 bridgehead atoms. The highest BCUT2D eigenvalue weighted by molar-refractivity contribution is 6.50. The Hall–Kier alpha value is -1.14. The van der Waals surface area contributed by atoms with Gasteiger partial charge in [0.1, 0.15) is 4.33 Å². The monoisotopic (exact) mass is 238 g/mol. The van der Waals surface area contributed by atoms with E-state index in [9.17, 15) is 20.2 Å². The molecule has 76 valence electrons. The number of nitro groups is 2. The van der Waals surface area contributed by atoms with Crippen LogP contribution >= 0.6 is 23.2 Å². The Morgan fingerprint density at radius 1 is 1.29 bits per heavy atom. The summed E-state index contributed by atoms with van der Waals surface area (Å²) in [6.07, 6.45) is 1.72. The van der Waals surface area contributed by atoms with E-state index in [1.54, 1.807) is 0 Å². The fourth-order valence-electron chi connectivity index (χ4n) is 0.994. The Balaban J connectivity index is 3.17. The van der Waals surface area contributed by atoms with Gasteiger partial charge in [0.05, 0.1) is 16.3 Å². The molecule has 8 heteroatoms. The quantitative estimate of drug-likeness (QED) is 0.418. The third kappa shape index (κ3) is 2.21. The molecule has 14 heavy (non-hydrogen) atoms. The molecule has 0 aliphatic heterocycles. The van der Waals surface area contributed by atoms with Crippen LogP contribution in [0.1, 0.15) is 6.42 Å². The first-order valence-corrected chi connectivity index (χ1v) is 4.18. The van der Waals surface area contributed by atoms with Crippen molar-refractivity contribution >= 4 is 23.2 Å². The van der Waals surface area contributed by atoms with Gasteiger partial charge < -0.3 is 0 Å². The lowest BCUT2D eigenvalue weighted by molar-refractivity contribution is -0.470. The van der Waals surface area contributed by atoms with Gasteiger partial charge in [-0.2, -0.15) is 0 Å². The maximum absolute atomic E-state index is 10.4. The van der Waals surface area contributed by atoms with Gasteiger partial charge >= 0.3 is 11.4 Å². The molecule has 1 aliphatic carbocycles. The Bertz CT molecular complexity index is 361. The first-order chi connectivity index (χ1) is 6.33. The molecule has 0 fully saturated rings. The maximum atomic E-state index is 10.4. The third-order valence-electron chi connectivity index (χ3n) is 1.60. The Labute approximate surface area is 88.1 Å². The van der Waals surface area contributed by atoms with E-state index in [2.05, 4.69) is 0 Å². The van der Waals surface area contributed by atoms with Gasteiger partial charge in [0.15, 0.2) is 0 Å². The number of hydrogen-bond donors (Lipinski definition) is 0. The summed E-state index contributed by atoms with van der Waals surface area (Å²) in [4.78, 5) is 19.2. The highest BCUT2D eigenvalue weighted by Crippen LogP contribution is 2.36. The van der Waals surface area contributed by atoms with Crippen molar-refractivity contribution in [3.8, 4) is 0 Å². The van der Waals surface area contributed by atoms with Crippen LogP contribution < -0.4 is 0 Å². The largest absolute Gasteiger partial charge is 0.341 e. The summed E-state index contributed by atoms with van der Waals surface area (Å²) < 4.78 is -1.44. The lowest BCUT2D eigenvalue weighted by Gasteiger charge is -2.15. The number of hydrogen-bond acceptors (Lipinski definition) is 4. The van der Waals surface area contributed by atoms with Gasteiger partial charge in [-0.15, -0.1) is 0 Å². The minimum atomic E-state index is -1.44. The van der Waals surface area contributed by atoms with Crippen LogP contribution in [0.15, 0.2) is 23.5 Å². The molecule has 0 aromatic heterocycles. The number of alkyl halides is 2. The fraction of sp³-hybridized carbons (Fsp3) is 0.333. The smallest absolute Gasteiger partial charge is 0.258 e. The van der Waals surface area contributed by atoms with Crippen molar-refractivity contribution in [1.29, 1.82) is 0 Å². The van der Waals surface area contributed by atoms with E-state index in [4.69, 9.17) is 23.2 Å². The second kappa shape index (κ2) is 3.55. The molecule has 0 heterocycles. The van der Waals surface area contributed by atoms with Gasteiger partial charge in [0.2, 0.25) is 0 Å². The second-order valence-corrected chi connectivity index (χ2v) is 4.16. The average Bonchev–Trinajstić information content (AvgIpc) is 2.01. The van der Waals surface area contributed by atoms with Crippen LogP contribution in [0.25, 0.3) is 0 Å². The molecule has 0 aromatic carbocycles. The van der Waals surface area contributed by atoms with Crippen molar-refractivity contribution < 1.29 is 9.85 Å². The first-order valence-electron chi connectivity index (χ1n) is 3.42. The van der Waals surface area contributed by atoms with E-state index < -0.39 is 25.6 Å². The molecule has 0 N–H and O–H groups in total. The SMILES string of the molecule is O=[N+]([O-])C1=C([N+](=O)[O-])CC(Cl)(Cl)C=C1. The summed E-state index contributed by atoms with van der Waals surface area (Å²) >= 11 is 11.2. The summed E-state index contributed by atoms with van der Waals surface area (Å²) in [5, 5.41) is 20.8. The molecule has 1 aliphatic rings. The normalized spacial score (nSPS) is 19.6. The Morgan fingerprint density at radius 2 is 1.86 bits per heavy atom. The van der Waals surface area contributed by atoms with Crippen LogP contribution in [0.5, 0.6) is 0 Å². The molecule has 1 rings (SSSR count). The van der Waals surface area contributed by atoms with E-state index in [0.717, 1.165) is 12.2 Å². The molecule has 0 amide bonds. The van der Waals surface area contributed by atoms with Crippen molar-refractivity contribution in [3.63, 3.8) is 0 Å². The van der Waals surface area contributed by atoms with Crippen molar-refractivity contribution in [1.82, 2.24) is 0 Å². The zero-order valence-electron chi connectivity index (χ0n) is 6.65. The van der Waals surface area contributed by atoms with Crippen LogP contribution in [0.2, 0.25) is 0 Å². The van der Waals surface area contributed by atoms with Gasteiger partial charge in [0, 0.05) is 6.08 Å². The van der Waals surface area contributed by atoms with Crippen molar-refractivity contribution in [2.75, 3.05) is 0 Å². The van der Waals surface area contributed by atoms with E-state index in [1.807, 2.05) is 0 Å². The first kappa shape index (κ1) is 10.9. The molecule has 0 aromatic rings. The molecule has 0 saturated heterocycles. The number of nitrogens with zero attached hydrogens (tertiary/aromatic N) is 2. The fourth-order valence-corrected chi connectivity index (χ4v) is 1.37. The molecule has 0 unspecified atom stereocenters. The maximum Gasteiger partial charge on any atom is 0.341 e. The highest BCUT2D eigenvalue weighted by Gasteiger charge is 2.39. The molecular formula is C6H4Cl2N2O4. The number of halogens is 2. The lowest BCUT2D eigenvalue weighted by atomic mass is 10.1. The van der Waals surface area contributed by atoms with Gasteiger partial charge in [-0.05, 0) is 6.08 Å². The molecular weight excluding hydrogens is 235 g/mol.